The molecular weight excluding hydrogens is 172 g/mol. The maximum Gasteiger partial charge on any atom is 0.00450 e. The monoisotopic (exact) mass is 198 g/mol. The van der Waals surface area contributed by atoms with Crippen LogP contribution in [0.2, 0.25) is 0 Å². The first-order valence-corrected chi connectivity index (χ1v) is 5.77. The van der Waals surface area contributed by atoms with Gasteiger partial charge in [-0.05, 0) is 36.8 Å². The average molecular weight is 198 g/mol. The van der Waals surface area contributed by atoms with Crippen molar-refractivity contribution in [3.8, 4) is 0 Å². The van der Waals surface area contributed by atoms with Gasteiger partial charge in [-0.2, -0.15) is 0 Å². The Kier molecular flexibility index (Phi) is 3.59. The fraction of sp³-hybridized carbons (Fsp3) is 1.00. The lowest BCUT2D eigenvalue weighted by Crippen LogP contribution is -2.46. The third kappa shape index (κ3) is 3.58. The fourth-order valence-corrected chi connectivity index (χ4v) is 2.35. The molecule has 1 saturated heterocycles. The maximum absolute atomic E-state index is 5.76. The molecule has 2 heteroatoms. The van der Waals surface area contributed by atoms with Gasteiger partial charge in [0.15, 0.2) is 0 Å². The Labute approximate surface area is 88.8 Å². The second kappa shape index (κ2) is 4.19. The van der Waals surface area contributed by atoms with Gasteiger partial charge in [-0.3, -0.25) is 0 Å². The summed E-state index contributed by atoms with van der Waals surface area (Å²) in [6, 6.07) is 0. The Morgan fingerprint density at radius 3 is 2.50 bits per heavy atom. The summed E-state index contributed by atoms with van der Waals surface area (Å²) in [5.74, 6) is 0. The van der Waals surface area contributed by atoms with Crippen molar-refractivity contribution >= 4 is 0 Å². The molecule has 2 N–H and O–H groups in total. The summed E-state index contributed by atoms with van der Waals surface area (Å²) in [5, 5.41) is 0. The van der Waals surface area contributed by atoms with Gasteiger partial charge >= 0.3 is 0 Å². The zero-order valence-electron chi connectivity index (χ0n) is 10.3. The predicted molar refractivity (Wildman–Crippen MR) is 62.3 cm³/mol. The zero-order chi connectivity index (χ0) is 10.8. The Morgan fingerprint density at radius 2 is 2.00 bits per heavy atom. The van der Waals surface area contributed by atoms with E-state index in [0.29, 0.717) is 5.41 Å². The van der Waals surface area contributed by atoms with E-state index in [1.54, 1.807) is 0 Å². The SMILES string of the molecule is CC(C)(CN)CN1CCCC(C)(C)C1. The van der Waals surface area contributed by atoms with Crippen LogP contribution < -0.4 is 5.73 Å². The molecule has 84 valence electrons. The molecule has 0 aromatic carbocycles. The van der Waals surface area contributed by atoms with Gasteiger partial charge in [0.05, 0.1) is 0 Å². The van der Waals surface area contributed by atoms with Crippen LogP contribution in [0.4, 0.5) is 0 Å². The molecule has 0 aromatic rings. The van der Waals surface area contributed by atoms with Crippen LogP contribution in [0.15, 0.2) is 0 Å². The van der Waals surface area contributed by atoms with Crippen LogP contribution in [-0.4, -0.2) is 31.1 Å². The van der Waals surface area contributed by atoms with Crippen molar-refractivity contribution in [3.63, 3.8) is 0 Å². The van der Waals surface area contributed by atoms with Crippen molar-refractivity contribution in [2.24, 2.45) is 16.6 Å². The molecule has 1 heterocycles. The normalized spacial score (nSPS) is 23.8. The van der Waals surface area contributed by atoms with Gasteiger partial charge in [0.1, 0.15) is 0 Å². The lowest BCUT2D eigenvalue weighted by atomic mass is 9.82. The molecule has 14 heavy (non-hydrogen) atoms. The van der Waals surface area contributed by atoms with E-state index in [1.165, 1.54) is 25.9 Å². The van der Waals surface area contributed by atoms with Crippen LogP contribution in [0, 0.1) is 10.8 Å². The van der Waals surface area contributed by atoms with Gasteiger partial charge in [-0.25, -0.2) is 0 Å². The van der Waals surface area contributed by atoms with E-state index in [0.717, 1.165) is 13.1 Å². The highest BCUT2D eigenvalue weighted by molar-refractivity contribution is 4.83. The summed E-state index contributed by atoms with van der Waals surface area (Å²) in [4.78, 5) is 2.58. The van der Waals surface area contributed by atoms with Crippen LogP contribution in [-0.2, 0) is 0 Å². The van der Waals surface area contributed by atoms with E-state index in [1.807, 2.05) is 0 Å². The topological polar surface area (TPSA) is 29.3 Å². The molecule has 0 saturated carbocycles. The van der Waals surface area contributed by atoms with Crippen LogP contribution in [0.25, 0.3) is 0 Å². The molecule has 0 atom stereocenters. The second-order valence-electron chi connectivity index (χ2n) is 6.35. The molecule has 2 nitrogen and oxygen atoms in total. The van der Waals surface area contributed by atoms with E-state index >= 15 is 0 Å². The third-order valence-electron chi connectivity index (χ3n) is 3.18. The lowest BCUT2D eigenvalue weighted by molar-refractivity contribution is 0.0834. The molecule has 0 aliphatic carbocycles. The number of hydrogen-bond donors (Lipinski definition) is 1. The average Bonchev–Trinajstić information content (AvgIpc) is 2.01. The fourth-order valence-electron chi connectivity index (χ4n) is 2.35. The standard InChI is InChI=1S/C12H26N2/c1-11(2)6-5-7-14(9-11)10-12(3,4)8-13/h5-10,13H2,1-4H3. The largest absolute Gasteiger partial charge is 0.330 e. The van der Waals surface area contributed by atoms with Crippen molar-refractivity contribution in [1.29, 1.82) is 0 Å². The number of piperidine rings is 1. The van der Waals surface area contributed by atoms with E-state index in [2.05, 4.69) is 32.6 Å². The molecular formula is C12H26N2. The van der Waals surface area contributed by atoms with Gasteiger partial charge in [0.2, 0.25) is 0 Å². The number of hydrogen-bond acceptors (Lipinski definition) is 2. The summed E-state index contributed by atoms with van der Waals surface area (Å²) in [5.41, 5.74) is 6.54. The number of likely N-dealkylation sites (tertiary alicyclic amines) is 1. The Hall–Kier alpha value is -0.0800. The second-order valence-corrected chi connectivity index (χ2v) is 6.35. The molecule has 0 spiro atoms. The van der Waals surface area contributed by atoms with Gasteiger partial charge in [0, 0.05) is 13.1 Å². The van der Waals surface area contributed by atoms with Crippen LogP contribution in [0.1, 0.15) is 40.5 Å². The number of nitrogens with zero attached hydrogens (tertiary/aromatic N) is 1. The third-order valence-corrected chi connectivity index (χ3v) is 3.18. The minimum Gasteiger partial charge on any atom is -0.330 e. The zero-order valence-corrected chi connectivity index (χ0v) is 10.3. The predicted octanol–water partition coefficient (Wildman–Crippen LogP) is 2.09. The van der Waals surface area contributed by atoms with Crippen molar-refractivity contribution in [3.05, 3.63) is 0 Å². The van der Waals surface area contributed by atoms with E-state index < -0.39 is 0 Å². The van der Waals surface area contributed by atoms with Gasteiger partial charge in [0.25, 0.3) is 0 Å². The highest BCUT2D eigenvalue weighted by Crippen LogP contribution is 2.30. The van der Waals surface area contributed by atoms with Crippen molar-refractivity contribution in [1.82, 2.24) is 4.90 Å². The van der Waals surface area contributed by atoms with Crippen molar-refractivity contribution < 1.29 is 0 Å². The summed E-state index contributed by atoms with van der Waals surface area (Å²) < 4.78 is 0. The summed E-state index contributed by atoms with van der Waals surface area (Å²) in [7, 11) is 0. The molecule has 1 fully saturated rings. The van der Waals surface area contributed by atoms with E-state index in [9.17, 15) is 0 Å². The first-order valence-electron chi connectivity index (χ1n) is 5.77. The number of rotatable bonds is 3. The molecule has 0 radical (unpaired) electrons. The Bertz CT molecular complexity index is 185. The molecule has 1 aliphatic heterocycles. The first kappa shape index (κ1) is 12.0. The van der Waals surface area contributed by atoms with Crippen molar-refractivity contribution in [2.45, 2.75) is 40.5 Å². The van der Waals surface area contributed by atoms with Gasteiger partial charge < -0.3 is 10.6 Å². The summed E-state index contributed by atoms with van der Waals surface area (Å²) >= 11 is 0. The Balaban J connectivity index is 2.46. The summed E-state index contributed by atoms with van der Waals surface area (Å²) in [6.45, 7) is 13.7. The summed E-state index contributed by atoms with van der Waals surface area (Å²) in [6.07, 6.45) is 2.71. The first-order chi connectivity index (χ1) is 6.35. The van der Waals surface area contributed by atoms with Crippen LogP contribution >= 0.6 is 0 Å². The maximum atomic E-state index is 5.76. The highest BCUT2D eigenvalue weighted by atomic mass is 15.1. The van der Waals surface area contributed by atoms with Crippen LogP contribution in [0.3, 0.4) is 0 Å². The highest BCUT2D eigenvalue weighted by Gasteiger charge is 2.29. The molecule has 0 aromatic heterocycles. The van der Waals surface area contributed by atoms with E-state index in [4.69, 9.17) is 5.73 Å². The molecule has 0 bridgehead atoms. The van der Waals surface area contributed by atoms with Gasteiger partial charge in [-0.1, -0.05) is 27.7 Å². The molecule has 1 aliphatic rings. The van der Waals surface area contributed by atoms with Crippen LogP contribution in [0.5, 0.6) is 0 Å². The quantitative estimate of drug-likeness (QED) is 0.752. The molecule has 1 rings (SSSR count). The number of nitrogens with two attached hydrogens (primary N) is 1. The minimum atomic E-state index is 0.271. The lowest BCUT2D eigenvalue weighted by Gasteiger charge is -2.41. The molecule has 0 amide bonds. The Morgan fingerprint density at radius 1 is 1.36 bits per heavy atom. The van der Waals surface area contributed by atoms with Crippen molar-refractivity contribution in [2.75, 3.05) is 26.2 Å². The smallest absolute Gasteiger partial charge is 0.00450 e. The molecule has 0 unspecified atom stereocenters. The van der Waals surface area contributed by atoms with E-state index in [-0.39, 0.29) is 5.41 Å². The van der Waals surface area contributed by atoms with Gasteiger partial charge in [-0.15, -0.1) is 0 Å². The minimum absolute atomic E-state index is 0.271.